The van der Waals surface area contributed by atoms with Gasteiger partial charge in [-0.2, -0.15) is 0 Å². The number of carboxylic acid groups (broad SMARTS) is 2. The zero-order chi connectivity index (χ0) is 15.4. The number of hydrogen-bond donors (Lipinski definition) is 4. The highest BCUT2D eigenvalue weighted by Gasteiger charge is 2.44. The van der Waals surface area contributed by atoms with Crippen LogP contribution in [0.2, 0.25) is 0 Å². The molecule has 0 spiro atoms. The molecule has 0 saturated heterocycles. The van der Waals surface area contributed by atoms with E-state index in [1.165, 1.54) is 0 Å². The summed E-state index contributed by atoms with van der Waals surface area (Å²) in [5.74, 6) is -2.99. The van der Waals surface area contributed by atoms with Crippen LogP contribution in [0.1, 0.15) is 12.8 Å². The quantitative estimate of drug-likeness (QED) is 0.371. The van der Waals surface area contributed by atoms with Crippen molar-refractivity contribution in [3.63, 3.8) is 0 Å². The Morgan fingerprint density at radius 1 is 0.750 bits per heavy atom. The van der Waals surface area contributed by atoms with E-state index in [0.29, 0.717) is 0 Å². The SMILES string of the molecule is [NH3+]NC(=O)C1CC(C(=O)[O-])C(C(=O)N[NH3+])CC1C(=O)[O-]. The van der Waals surface area contributed by atoms with E-state index in [4.69, 9.17) is 0 Å². The van der Waals surface area contributed by atoms with Gasteiger partial charge in [0.15, 0.2) is 0 Å². The Morgan fingerprint density at radius 2 is 1.05 bits per heavy atom. The van der Waals surface area contributed by atoms with Gasteiger partial charge in [0.25, 0.3) is 11.8 Å². The van der Waals surface area contributed by atoms with Crippen LogP contribution in [0.5, 0.6) is 0 Å². The van der Waals surface area contributed by atoms with Gasteiger partial charge < -0.3 is 19.8 Å². The van der Waals surface area contributed by atoms with Crippen molar-refractivity contribution in [1.29, 1.82) is 0 Å². The van der Waals surface area contributed by atoms with E-state index in [2.05, 4.69) is 11.7 Å². The molecule has 0 aliphatic heterocycles. The number of carbonyl (C=O) groups excluding carboxylic acids is 4. The first kappa shape index (κ1) is 15.9. The lowest BCUT2D eigenvalue weighted by Crippen LogP contribution is -2.71. The molecule has 4 atom stereocenters. The van der Waals surface area contributed by atoms with Crippen LogP contribution >= 0.6 is 0 Å². The maximum atomic E-state index is 11.6. The van der Waals surface area contributed by atoms with Gasteiger partial charge in [0.1, 0.15) is 0 Å². The molecule has 4 unspecified atom stereocenters. The van der Waals surface area contributed by atoms with E-state index in [0.717, 1.165) is 0 Å². The molecule has 0 aromatic heterocycles. The van der Waals surface area contributed by atoms with E-state index < -0.39 is 47.4 Å². The molecule has 1 aliphatic rings. The van der Waals surface area contributed by atoms with Gasteiger partial charge in [0.2, 0.25) is 0 Å². The standard InChI is InChI=1S/C10H16N4O6/c11-13-7(15)3-1-5(9(17)18)4(8(16)14-12)2-6(3)10(19)20/h3-6H,1-2,11-12H2,(H,13,15)(H,14,16)(H,17,18)(H,19,20). The summed E-state index contributed by atoms with van der Waals surface area (Å²) >= 11 is 0. The molecule has 0 aromatic carbocycles. The molecular weight excluding hydrogens is 272 g/mol. The predicted molar refractivity (Wildman–Crippen MR) is 55.3 cm³/mol. The smallest absolute Gasteiger partial charge is 0.268 e. The fourth-order valence-corrected chi connectivity index (χ4v) is 2.57. The average molecular weight is 288 g/mol. The third kappa shape index (κ3) is 3.03. The zero-order valence-electron chi connectivity index (χ0n) is 10.6. The lowest BCUT2D eigenvalue weighted by molar-refractivity contribution is -0.430. The Bertz CT molecular complexity index is 399. The highest BCUT2D eigenvalue weighted by atomic mass is 16.4. The Balaban J connectivity index is 3.09. The van der Waals surface area contributed by atoms with Crippen molar-refractivity contribution in [3.8, 4) is 0 Å². The summed E-state index contributed by atoms with van der Waals surface area (Å²) in [7, 11) is 0. The minimum absolute atomic E-state index is 0.333. The summed E-state index contributed by atoms with van der Waals surface area (Å²) in [6.45, 7) is 0. The summed E-state index contributed by atoms with van der Waals surface area (Å²) in [6.07, 6.45) is -0.666. The van der Waals surface area contributed by atoms with Gasteiger partial charge >= 0.3 is 0 Å². The average Bonchev–Trinajstić information content (AvgIpc) is 2.43. The van der Waals surface area contributed by atoms with Gasteiger partial charge in [-0.15, -0.1) is 0 Å². The Kier molecular flexibility index (Phi) is 5.00. The van der Waals surface area contributed by atoms with Crippen molar-refractivity contribution < 1.29 is 41.1 Å². The van der Waals surface area contributed by atoms with E-state index in [-0.39, 0.29) is 12.8 Å². The molecule has 10 heteroatoms. The lowest BCUT2D eigenvalue weighted by atomic mass is 9.67. The molecule has 0 radical (unpaired) electrons. The number of rotatable bonds is 4. The highest BCUT2D eigenvalue weighted by Crippen LogP contribution is 2.38. The number of aliphatic carboxylic acids is 2. The van der Waals surface area contributed by atoms with Gasteiger partial charge in [-0.25, -0.2) is 10.9 Å². The molecule has 0 bridgehead atoms. The molecule has 0 aromatic rings. The first-order valence-electron chi connectivity index (χ1n) is 5.89. The van der Waals surface area contributed by atoms with Gasteiger partial charge in [0.05, 0.1) is 11.8 Å². The number of nitrogens with one attached hydrogen (secondary N) is 2. The second kappa shape index (κ2) is 6.30. The normalized spacial score (nSPS) is 29.3. The van der Waals surface area contributed by atoms with E-state index in [9.17, 15) is 29.4 Å². The molecule has 112 valence electrons. The van der Waals surface area contributed by atoms with E-state index >= 15 is 0 Å². The first-order valence-corrected chi connectivity index (χ1v) is 5.89. The number of carbonyl (C=O) groups is 4. The van der Waals surface area contributed by atoms with Crippen LogP contribution in [0.15, 0.2) is 0 Å². The van der Waals surface area contributed by atoms with Gasteiger partial charge in [-0.05, 0) is 12.8 Å². The Labute approximate surface area is 113 Å². The van der Waals surface area contributed by atoms with Crippen LogP contribution in [0.25, 0.3) is 0 Å². The Morgan fingerprint density at radius 3 is 1.25 bits per heavy atom. The van der Waals surface area contributed by atoms with Crippen LogP contribution in [-0.4, -0.2) is 23.8 Å². The topological polar surface area (TPSA) is 194 Å². The third-order valence-corrected chi connectivity index (χ3v) is 3.61. The van der Waals surface area contributed by atoms with Gasteiger partial charge in [-0.3, -0.25) is 21.3 Å². The van der Waals surface area contributed by atoms with Crippen molar-refractivity contribution in [2.45, 2.75) is 12.8 Å². The van der Waals surface area contributed by atoms with Crippen LogP contribution in [-0.2, 0) is 19.2 Å². The Hall–Kier alpha value is -2.20. The summed E-state index contributed by atoms with van der Waals surface area (Å²) < 4.78 is 0. The minimum atomic E-state index is -1.52. The number of quaternary nitrogens is 2. The summed E-state index contributed by atoms with van der Waals surface area (Å²) in [4.78, 5) is 45.4. The fourth-order valence-electron chi connectivity index (χ4n) is 2.57. The number of hydrogen-bond acceptors (Lipinski definition) is 6. The second-order valence-corrected chi connectivity index (χ2v) is 4.62. The molecule has 2 amide bonds. The fraction of sp³-hybridized carbons (Fsp3) is 0.600. The van der Waals surface area contributed by atoms with Crippen molar-refractivity contribution >= 4 is 23.8 Å². The first-order chi connectivity index (χ1) is 9.33. The van der Waals surface area contributed by atoms with Crippen LogP contribution in [0.4, 0.5) is 0 Å². The monoisotopic (exact) mass is 288 g/mol. The van der Waals surface area contributed by atoms with E-state index in [1.54, 1.807) is 0 Å². The molecule has 8 N–H and O–H groups in total. The van der Waals surface area contributed by atoms with Crippen molar-refractivity contribution in [2.75, 3.05) is 0 Å². The molecule has 1 rings (SSSR count). The van der Waals surface area contributed by atoms with Crippen LogP contribution < -0.4 is 32.7 Å². The highest BCUT2D eigenvalue weighted by molar-refractivity contribution is 5.88. The second-order valence-electron chi connectivity index (χ2n) is 4.62. The maximum absolute atomic E-state index is 11.6. The largest absolute Gasteiger partial charge is 0.550 e. The maximum Gasteiger partial charge on any atom is 0.268 e. The van der Waals surface area contributed by atoms with Gasteiger partial charge in [0, 0.05) is 23.8 Å². The van der Waals surface area contributed by atoms with Gasteiger partial charge in [-0.1, -0.05) is 0 Å². The van der Waals surface area contributed by atoms with Crippen LogP contribution in [0, 0.1) is 23.7 Å². The molecule has 1 saturated carbocycles. The zero-order valence-corrected chi connectivity index (χ0v) is 10.6. The molecule has 0 heterocycles. The number of carboxylic acids is 2. The van der Waals surface area contributed by atoms with Crippen molar-refractivity contribution in [1.82, 2.24) is 10.9 Å². The summed E-state index contributed by atoms with van der Waals surface area (Å²) in [6, 6.07) is 0. The predicted octanol–water partition coefficient (Wildman–Crippen LogP) is -6.71. The van der Waals surface area contributed by atoms with Crippen molar-refractivity contribution in [2.24, 2.45) is 23.7 Å². The number of amides is 2. The molecule has 1 fully saturated rings. The molecule has 1 aliphatic carbocycles. The lowest BCUT2D eigenvalue weighted by Gasteiger charge is -2.39. The van der Waals surface area contributed by atoms with E-state index in [1.807, 2.05) is 10.9 Å². The molecular formula is C10H16N4O6. The van der Waals surface area contributed by atoms with Crippen LogP contribution in [0.3, 0.4) is 0 Å². The summed E-state index contributed by atoms with van der Waals surface area (Å²) in [5.41, 5.74) is 4.06. The summed E-state index contributed by atoms with van der Waals surface area (Å²) in [5, 5.41) is 22.2. The minimum Gasteiger partial charge on any atom is -0.550 e. The third-order valence-electron chi connectivity index (χ3n) is 3.61. The van der Waals surface area contributed by atoms with Crippen molar-refractivity contribution in [3.05, 3.63) is 0 Å². The molecule has 10 nitrogen and oxygen atoms in total. The molecule has 20 heavy (non-hydrogen) atoms.